The summed E-state index contributed by atoms with van der Waals surface area (Å²) in [4.78, 5) is 2.75. The molecule has 0 aromatic carbocycles. The summed E-state index contributed by atoms with van der Waals surface area (Å²) in [6.07, 6.45) is 5.69. The number of nitrogens with one attached hydrogen (secondary N) is 1. The molecule has 14 heavy (non-hydrogen) atoms. The third-order valence-corrected chi connectivity index (χ3v) is 3.55. The summed E-state index contributed by atoms with van der Waals surface area (Å²) in [5, 5.41) is 3.47. The van der Waals surface area contributed by atoms with Gasteiger partial charge in [0.05, 0.1) is 0 Å². The second-order valence-electron chi connectivity index (χ2n) is 4.77. The lowest BCUT2D eigenvalue weighted by molar-refractivity contribution is 0.0562. The fourth-order valence-corrected chi connectivity index (χ4v) is 2.72. The van der Waals surface area contributed by atoms with Crippen LogP contribution in [-0.4, -0.2) is 36.1 Å². The van der Waals surface area contributed by atoms with Crippen LogP contribution in [0, 0.1) is 0 Å². The van der Waals surface area contributed by atoms with Crippen molar-refractivity contribution in [1.29, 1.82) is 0 Å². The summed E-state index contributed by atoms with van der Waals surface area (Å²) >= 11 is 0. The van der Waals surface area contributed by atoms with Gasteiger partial charge in [0.25, 0.3) is 0 Å². The van der Waals surface area contributed by atoms with Gasteiger partial charge in [0.15, 0.2) is 0 Å². The Morgan fingerprint density at radius 2 is 1.86 bits per heavy atom. The molecule has 0 aromatic heterocycles. The Labute approximate surface area is 93.8 Å². The van der Waals surface area contributed by atoms with Crippen LogP contribution in [0.15, 0.2) is 0 Å². The molecule has 0 radical (unpaired) electrons. The lowest BCUT2D eigenvalue weighted by atomic mass is 9.89. The summed E-state index contributed by atoms with van der Waals surface area (Å²) in [6, 6.07) is 2.46. The summed E-state index contributed by atoms with van der Waals surface area (Å²) in [6.45, 7) is 7.13. The van der Waals surface area contributed by atoms with Crippen LogP contribution >= 0.6 is 12.4 Å². The maximum absolute atomic E-state index is 3.47. The average molecular weight is 219 g/mol. The van der Waals surface area contributed by atoms with E-state index in [2.05, 4.69) is 24.1 Å². The average Bonchev–Trinajstić information content (AvgIpc) is 2.46. The maximum atomic E-state index is 3.47. The van der Waals surface area contributed by atoms with E-state index >= 15 is 0 Å². The van der Waals surface area contributed by atoms with Crippen molar-refractivity contribution in [3.63, 3.8) is 0 Å². The van der Waals surface area contributed by atoms with E-state index in [1.807, 2.05) is 0 Å². The first-order valence-electron chi connectivity index (χ1n) is 5.77. The number of nitrogens with zero attached hydrogens (tertiary/aromatic N) is 1. The van der Waals surface area contributed by atoms with Crippen molar-refractivity contribution in [2.45, 2.75) is 57.7 Å². The van der Waals surface area contributed by atoms with Gasteiger partial charge in [-0.1, -0.05) is 6.42 Å². The van der Waals surface area contributed by atoms with Gasteiger partial charge in [-0.3, -0.25) is 4.90 Å². The van der Waals surface area contributed by atoms with Gasteiger partial charge in [-0.25, -0.2) is 0 Å². The number of halogens is 1. The normalized spacial score (nSPS) is 27.9. The van der Waals surface area contributed by atoms with E-state index in [4.69, 9.17) is 0 Å². The molecule has 1 aliphatic heterocycles. The van der Waals surface area contributed by atoms with E-state index < -0.39 is 0 Å². The molecule has 1 saturated carbocycles. The Morgan fingerprint density at radius 3 is 2.21 bits per heavy atom. The molecule has 1 N–H and O–H groups in total. The van der Waals surface area contributed by atoms with Crippen LogP contribution in [0.2, 0.25) is 0 Å². The quantitative estimate of drug-likeness (QED) is 0.780. The first-order chi connectivity index (χ1) is 6.29. The van der Waals surface area contributed by atoms with Crippen LogP contribution in [0.25, 0.3) is 0 Å². The summed E-state index contributed by atoms with van der Waals surface area (Å²) in [5.41, 5.74) is 0. The standard InChI is InChI=1S/C11H22N2.ClH/c1-9(2)13(10-4-3-5-10)11-6-7-12-8-11;/h9-12H,3-8H2,1-2H3;1H. The lowest BCUT2D eigenvalue weighted by Gasteiger charge is -2.43. The van der Waals surface area contributed by atoms with Crippen molar-refractivity contribution in [2.75, 3.05) is 13.1 Å². The smallest absolute Gasteiger partial charge is 0.0238 e. The van der Waals surface area contributed by atoms with Gasteiger partial charge in [-0.15, -0.1) is 12.4 Å². The highest BCUT2D eigenvalue weighted by molar-refractivity contribution is 5.85. The van der Waals surface area contributed by atoms with Crippen LogP contribution in [0.3, 0.4) is 0 Å². The Bertz CT molecular complexity index is 163. The zero-order valence-corrected chi connectivity index (χ0v) is 10.1. The van der Waals surface area contributed by atoms with Crippen molar-refractivity contribution in [3.05, 3.63) is 0 Å². The molecular formula is C11H23ClN2. The molecule has 1 saturated heterocycles. The van der Waals surface area contributed by atoms with Crippen LogP contribution in [0.5, 0.6) is 0 Å². The molecule has 0 amide bonds. The predicted molar refractivity (Wildman–Crippen MR) is 63.1 cm³/mol. The molecule has 1 unspecified atom stereocenters. The molecule has 84 valence electrons. The van der Waals surface area contributed by atoms with Gasteiger partial charge in [0.2, 0.25) is 0 Å². The van der Waals surface area contributed by atoms with E-state index in [-0.39, 0.29) is 12.4 Å². The zero-order chi connectivity index (χ0) is 9.26. The molecule has 2 aliphatic rings. The number of hydrogen-bond acceptors (Lipinski definition) is 2. The molecule has 0 aromatic rings. The van der Waals surface area contributed by atoms with Gasteiger partial charge in [0.1, 0.15) is 0 Å². The minimum atomic E-state index is 0. The molecule has 3 heteroatoms. The van der Waals surface area contributed by atoms with Crippen molar-refractivity contribution in [2.24, 2.45) is 0 Å². The molecule has 2 rings (SSSR count). The van der Waals surface area contributed by atoms with Crippen molar-refractivity contribution in [3.8, 4) is 0 Å². The van der Waals surface area contributed by atoms with Gasteiger partial charge >= 0.3 is 0 Å². The second-order valence-corrected chi connectivity index (χ2v) is 4.77. The summed E-state index contributed by atoms with van der Waals surface area (Å²) < 4.78 is 0. The van der Waals surface area contributed by atoms with Crippen molar-refractivity contribution >= 4 is 12.4 Å². The monoisotopic (exact) mass is 218 g/mol. The van der Waals surface area contributed by atoms with E-state index in [1.165, 1.54) is 38.8 Å². The highest BCUT2D eigenvalue weighted by atomic mass is 35.5. The Kier molecular flexibility index (Phi) is 4.68. The highest BCUT2D eigenvalue weighted by Crippen LogP contribution is 2.29. The Hall–Kier alpha value is 0.210. The van der Waals surface area contributed by atoms with Crippen LogP contribution < -0.4 is 5.32 Å². The molecule has 1 heterocycles. The largest absolute Gasteiger partial charge is 0.315 e. The van der Waals surface area contributed by atoms with Crippen molar-refractivity contribution < 1.29 is 0 Å². The summed E-state index contributed by atoms with van der Waals surface area (Å²) in [5.74, 6) is 0. The van der Waals surface area contributed by atoms with E-state index in [0.717, 1.165) is 18.1 Å². The molecule has 2 fully saturated rings. The molecule has 2 nitrogen and oxygen atoms in total. The van der Waals surface area contributed by atoms with Gasteiger partial charge < -0.3 is 5.32 Å². The first kappa shape index (κ1) is 12.3. The fraction of sp³-hybridized carbons (Fsp3) is 1.00. The maximum Gasteiger partial charge on any atom is 0.0238 e. The van der Waals surface area contributed by atoms with Crippen molar-refractivity contribution in [1.82, 2.24) is 10.2 Å². The van der Waals surface area contributed by atoms with Gasteiger partial charge in [-0.05, 0) is 39.7 Å². The van der Waals surface area contributed by atoms with Gasteiger partial charge in [-0.2, -0.15) is 0 Å². The number of rotatable bonds is 3. The Morgan fingerprint density at radius 1 is 1.14 bits per heavy atom. The highest BCUT2D eigenvalue weighted by Gasteiger charge is 2.33. The SMILES string of the molecule is CC(C)N(C1CCC1)C1CCNC1.Cl. The van der Waals surface area contributed by atoms with Crippen LogP contribution in [0.1, 0.15) is 39.5 Å². The topological polar surface area (TPSA) is 15.3 Å². The van der Waals surface area contributed by atoms with E-state index in [0.29, 0.717) is 0 Å². The molecule has 1 aliphatic carbocycles. The molecule has 1 atom stereocenters. The van der Waals surface area contributed by atoms with Crippen LogP contribution in [-0.2, 0) is 0 Å². The molecule has 0 spiro atoms. The third kappa shape index (κ3) is 2.41. The van der Waals surface area contributed by atoms with Crippen LogP contribution in [0.4, 0.5) is 0 Å². The minimum Gasteiger partial charge on any atom is -0.315 e. The fourth-order valence-electron chi connectivity index (χ4n) is 2.72. The third-order valence-electron chi connectivity index (χ3n) is 3.55. The van der Waals surface area contributed by atoms with Gasteiger partial charge in [0, 0.05) is 24.7 Å². The molecule has 0 bridgehead atoms. The number of hydrogen-bond donors (Lipinski definition) is 1. The first-order valence-corrected chi connectivity index (χ1v) is 5.77. The minimum absolute atomic E-state index is 0. The van der Waals surface area contributed by atoms with E-state index in [1.54, 1.807) is 0 Å². The summed E-state index contributed by atoms with van der Waals surface area (Å²) in [7, 11) is 0. The Balaban J connectivity index is 0.000000980. The van der Waals surface area contributed by atoms with E-state index in [9.17, 15) is 0 Å². The predicted octanol–water partition coefficient (Wildman–Crippen LogP) is 2.03. The second kappa shape index (κ2) is 5.34. The zero-order valence-electron chi connectivity index (χ0n) is 9.33. The lowest BCUT2D eigenvalue weighted by Crippen LogP contribution is -2.51. The molecular weight excluding hydrogens is 196 g/mol.